The number of likely N-dealkylation sites (N-methyl/N-ethyl adjacent to an activating group) is 1. The number of halogens is 2. The fourth-order valence-electron chi connectivity index (χ4n) is 2.51. The van der Waals surface area contributed by atoms with E-state index in [2.05, 4.69) is 31.0 Å². The Morgan fingerprint density at radius 3 is 2.58 bits per heavy atom. The molecule has 0 aliphatic carbocycles. The molecule has 0 saturated carbocycles. The monoisotopic (exact) mass is 381 g/mol. The van der Waals surface area contributed by atoms with Crippen LogP contribution >= 0.6 is 12.4 Å². The van der Waals surface area contributed by atoms with Gasteiger partial charge in [-0.15, -0.1) is 17.5 Å². The second kappa shape index (κ2) is 8.81. The van der Waals surface area contributed by atoms with Crippen LogP contribution in [0, 0.1) is 12.7 Å². The molecule has 3 rings (SSSR count). The molecule has 140 valence electrons. The van der Waals surface area contributed by atoms with E-state index in [1.165, 1.54) is 12.1 Å². The Morgan fingerprint density at radius 1 is 1.23 bits per heavy atom. The Labute approximate surface area is 156 Å². The van der Waals surface area contributed by atoms with Gasteiger partial charge < -0.3 is 9.84 Å². The first-order chi connectivity index (χ1) is 12.1. The SMILES string of the molecule is CNC(C)Cc1noc(C(Cc2ccc(F)cc2)n2nnnc2C)n1.Cl. The van der Waals surface area contributed by atoms with Crippen LogP contribution in [0.3, 0.4) is 0 Å². The van der Waals surface area contributed by atoms with Crippen LogP contribution in [-0.4, -0.2) is 43.4 Å². The Hall–Kier alpha value is -2.39. The molecule has 2 unspecified atom stereocenters. The summed E-state index contributed by atoms with van der Waals surface area (Å²) in [5.41, 5.74) is 0.921. The Bertz CT molecular complexity index is 820. The highest BCUT2D eigenvalue weighted by Crippen LogP contribution is 2.22. The van der Waals surface area contributed by atoms with E-state index in [1.807, 2.05) is 14.0 Å². The maximum absolute atomic E-state index is 13.2. The second-order valence-electron chi connectivity index (χ2n) is 5.96. The van der Waals surface area contributed by atoms with Crippen LogP contribution < -0.4 is 5.32 Å². The number of tetrazole rings is 1. The van der Waals surface area contributed by atoms with Gasteiger partial charge in [-0.2, -0.15) is 4.98 Å². The van der Waals surface area contributed by atoms with Gasteiger partial charge in [-0.25, -0.2) is 9.07 Å². The van der Waals surface area contributed by atoms with Gasteiger partial charge in [-0.3, -0.25) is 0 Å². The number of benzene rings is 1. The van der Waals surface area contributed by atoms with Crippen molar-refractivity contribution in [1.82, 2.24) is 35.7 Å². The van der Waals surface area contributed by atoms with E-state index in [1.54, 1.807) is 23.7 Å². The van der Waals surface area contributed by atoms with Crippen molar-refractivity contribution < 1.29 is 8.91 Å². The van der Waals surface area contributed by atoms with Crippen molar-refractivity contribution in [3.63, 3.8) is 0 Å². The molecule has 0 fully saturated rings. The first-order valence-electron chi connectivity index (χ1n) is 8.05. The number of hydrogen-bond donors (Lipinski definition) is 1. The summed E-state index contributed by atoms with van der Waals surface area (Å²) < 4.78 is 20.3. The van der Waals surface area contributed by atoms with Crippen molar-refractivity contribution in [1.29, 1.82) is 0 Å². The first kappa shape index (κ1) is 19.9. The summed E-state index contributed by atoms with van der Waals surface area (Å²) in [6, 6.07) is 6.17. The van der Waals surface area contributed by atoms with E-state index in [-0.39, 0.29) is 30.3 Å². The third-order valence-electron chi connectivity index (χ3n) is 4.05. The fraction of sp³-hybridized carbons (Fsp3) is 0.438. The molecule has 0 bridgehead atoms. The maximum Gasteiger partial charge on any atom is 0.251 e. The molecule has 0 amide bonds. The summed E-state index contributed by atoms with van der Waals surface area (Å²) >= 11 is 0. The molecule has 0 aliphatic heterocycles. The molecule has 26 heavy (non-hydrogen) atoms. The largest absolute Gasteiger partial charge is 0.337 e. The minimum atomic E-state index is -0.355. The van der Waals surface area contributed by atoms with Gasteiger partial charge in [0.05, 0.1) is 0 Å². The summed E-state index contributed by atoms with van der Waals surface area (Å²) in [4.78, 5) is 4.50. The molecule has 0 saturated heterocycles. The molecule has 0 aliphatic rings. The third kappa shape index (κ3) is 4.61. The average molecular weight is 382 g/mol. The van der Waals surface area contributed by atoms with Crippen LogP contribution in [0.1, 0.15) is 36.1 Å². The van der Waals surface area contributed by atoms with E-state index in [0.29, 0.717) is 30.4 Å². The van der Waals surface area contributed by atoms with E-state index in [0.717, 1.165) is 5.56 Å². The van der Waals surface area contributed by atoms with Crippen LogP contribution in [0.25, 0.3) is 0 Å². The molecule has 2 atom stereocenters. The van der Waals surface area contributed by atoms with Crippen LogP contribution in [-0.2, 0) is 12.8 Å². The molecule has 0 radical (unpaired) electrons. The fourth-order valence-corrected chi connectivity index (χ4v) is 2.51. The lowest BCUT2D eigenvalue weighted by Gasteiger charge is -2.13. The van der Waals surface area contributed by atoms with E-state index >= 15 is 0 Å². The summed E-state index contributed by atoms with van der Waals surface area (Å²) in [5.74, 6) is 1.40. The van der Waals surface area contributed by atoms with Gasteiger partial charge in [-0.05, 0) is 49.0 Å². The molecular formula is C16H21ClFN7O. The molecule has 1 N–H and O–H groups in total. The summed E-state index contributed by atoms with van der Waals surface area (Å²) in [5, 5.41) is 18.8. The normalized spacial score (nSPS) is 13.2. The maximum atomic E-state index is 13.2. The van der Waals surface area contributed by atoms with Gasteiger partial charge in [0.2, 0.25) is 0 Å². The minimum absolute atomic E-state index is 0. The molecule has 0 spiro atoms. The molecule has 3 aromatic rings. The standard InChI is InChI=1S/C16H20FN7O.ClH/c1-10(18-3)8-15-19-16(25-21-15)14(24-11(2)20-22-23-24)9-12-4-6-13(17)7-5-12;/h4-7,10,14,18H,8-9H2,1-3H3;1H. The number of rotatable bonds is 7. The lowest BCUT2D eigenvalue weighted by Crippen LogP contribution is -2.24. The zero-order valence-corrected chi connectivity index (χ0v) is 15.6. The van der Waals surface area contributed by atoms with Gasteiger partial charge >= 0.3 is 0 Å². The highest BCUT2D eigenvalue weighted by atomic mass is 35.5. The topological polar surface area (TPSA) is 94.6 Å². The summed E-state index contributed by atoms with van der Waals surface area (Å²) in [6.07, 6.45) is 1.16. The zero-order chi connectivity index (χ0) is 17.8. The Balaban J connectivity index is 0.00000243. The van der Waals surface area contributed by atoms with Gasteiger partial charge in [0.15, 0.2) is 5.82 Å². The smallest absolute Gasteiger partial charge is 0.251 e. The number of hydrogen-bond acceptors (Lipinski definition) is 7. The molecule has 8 nitrogen and oxygen atoms in total. The summed E-state index contributed by atoms with van der Waals surface area (Å²) in [7, 11) is 1.88. The second-order valence-corrected chi connectivity index (χ2v) is 5.96. The first-order valence-corrected chi connectivity index (χ1v) is 8.05. The average Bonchev–Trinajstić information content (AvgIpc) is 3.23. The van der Waals surface area contributed by atoms with Gasteiger partial charge in [0, 0.05) is 18.9 Å². The number of aromatic nitrogens is 6. The Kier molecular flexibility index (Phi) is 6.76. The zero-order valence-electron chi connectivity index (χ0n) is 14.8. The lowest BCUT2D eigenvalue weighted by molar-refractivity contribution is 0.316. The van der Waals surface area contributed by atoms with E-state index < -0.39 is 0 Å². The lowest BCUT2D eigenvalue weighted by atomic mass is 10.1. The highest BCUT2D eigenvalue weighted by Gasteiger charge is 2.25. The van der Waals surface area contributed by atoms with Crippen molar-refractivity contribution in [3.8, 4) is 0 Å². The molecule has 1 aromatic carbocycles. The van der Waals surface area contributed by atoms with Crippen molar-refractivity contribution in [2.75, 3.05) is 7.05 Å². The van der Waals surface area contributed by atoms with Crippen LogP contribution in [0.4, 0.5) is 4.39 Å². The molecular weight excluding hydrogens is 361 g/mol. The van der Waals surface area contributed by atoms with Gasteiger partial charge in [0.25, 0.3) is 5.89 Å². The van der Waals surface area contributed by atoms with E-state index in [4.69, 9.17) is 4.52 Å². The molecule has 2 heterocycles. The van der Waals surface area contributed by atoms with Crippen molar-refractivity contribution in [2.45, 2.75) is 38.8 Å². The van der Waals surface area contributed by atoms with Crippen molar-refractivity contribution in [3.05, 3.63) is 53.2 Å². The highest BCUT2D eigenvalue weighted by molar-refractivity contribution is 5.85. The van der Waals surface area contributed by atoms with Crippen molar-refractivity contribution >= 4 is 12.4 Å². The Morgan fingerprint density at radius 2 is 1.96 bits per heavy atom. The predicted octanol–water partition coefficient (Wildman–Crippen LogP) is 1.91. The third-order valence-corrected chi connectivity index (χ3v) is 4.05. The summed E-state index contributed by atoms with van der Waals surface area (Å²) in [6.45, 7) is 3.84. The van der Waals surface area contributed by atoms with Gasteiger partial charge in [0.1, 0.15) is 17.7 Å². The van der Waals surface area contributed by atoms with Crippen LogP contribution in [0.2, 0.25) is 0 Å². The number of aryl methyl sites for hydroxylation is 1. The number of nitrogens with one attached hydrogen (secondary N) is 1. The van der Waals surface area contributed by atoms with Crippen molar-refractivity contribution in [2.24, 2.45) is 0 Å². The minimum Gasteiger partial charge on any atom is -0.337 e. The predicted molar refractivity (Wildman–Crippen MR) is 94.6 cm³/mol. The molecule has 10 heteroatoms. The van der Waals surface area contributed by atoms with Gasteiger partial charge in [-0.1, -0.05) is 17.3 Å². The molecule has 2 aromatic heterocycles. The van der Waals surface area contributed by atoms with Crippen LogP contribution in [0.5, 0.6) is 0 Å². The number of nitrogens with zero attached hydrogens (tertiary/aromatic N) is 6. The van der Waals surface area contributed by atoms with Crippen LogP contribution in [0.15, 0.2) is 28.8 Å². The van der Waals surface area contributed by atoms with E-state index in [9.17, 15) is 4.39 Å². The quantitative estimate of drug-likeness (QED) is 0.667.